The van der Waals surface area contributed by atoms with Crippen LogP contribution in [0.3, 0.4) is 0 Å². The molecule has 0 fully saturated rings. The van der Waals surface area contributed by atoms with Gasteiger partial charge >= 0.3 is 5.97 Å². The first-order valence-electron chi connectivity index (χ1n) is 7.85. The highest BCUT2D eigenvalue weighted by atomic mass is 16.5. The maximum atomic E-state index is 12.4. The van der Waals surface area contributed by atoms with Crippen molar-refractivity contribution in [3.63, 3.8) is 0 Å². The van der Waals surface area contributed by atoms with Gasteiger partial charge in [0.2, 0.25) is 0 Å². The molecule has 1 aromatic heterocycles. The number of carbonyl (C=O) groups excluding carboxylic acids is 2. The molecule has 1 unspecified atom stereocenters. The first-order valence-corrected chi connectivity index (χ1v) is 7.85. The fraction of sp³-hybridized carbons (Fsp3) is 0.500. The van der Waals surface area contributed by atoms with E-state index in [1.165, 1.54) is 25.6 Å². The van der Waals surface area contributed by atoms with Crippen LogP contribution in [0.2, 0.25) is 0 Å². The van der Waals surface area contributed by atoms with Gasteiger partial charge in [-0.15, -0.1) is 5.92 Å². The van der Waals surface area contributed by atoms with Crippen molar-refractivity contribution in [2.45, 2.75) is 52.2 Å². The van der Waals surface area contributed by atoms with E-state index in [-0.39, 0.29) is 11.5 Å². The van der Waals surface area contributed by atoms with Gasteiger partial charge in [-0.2, -0.15) is 0 Å². The van der Waals surface area contributed by atoms with Gasteiger partial charge < -0.3 is 14.8 Å². The van der Waals surface area contributed by atoms with Crippen LogP contribution >= 0.6 is 0 Å². The lowest BCUT2D eigenvalue weighted by atomic mass is 10.1. The van der Waals surface area contributed by atoms with Crippen molar-refractivity contribution in [1.82, 2.24) is 10.3 Å². The van der Waals surface area contributed by atoms with Crippen LogP contribution in [-0.2, 0) is 9.53 Å². The molecule has 0 radical (unpaired) electrons. The van der Waals surface area contributed by atoms with Crippen LogP contribution < -0.4 is 10.1 Å². The van der Waals surface area contributed by atoms with Gasteiger partial charge in [0.25, 0.3) is 5.91 Å². The minimum Gasteiger partial charge on any atom is -0.479 e. The Morgan fingerprint density at radius 3 is 2.62 bits per heavy atom. The smallest absolute Gasteiger partial charge is 0.339 e. The van der Waals surface area contributed by atoms with Crippen LogP contribution in [0, 0.1) is 11.8 Å². The summed E-state index contributed by atoms with van der Waals surface area (Å²) in [6.07, 6.45) is 3.31. The number of nitrogens with one attached hydrogen (secondary N) is 1. The summed E-state index contributed by atoms with van der Waals surface area (Å²) >= 11 is 0. The van der Waals surface area contributed by atoms with Gasteiger partial charge in [0.1, 0.15) is 5.75 Å². The minimum absolute atomic E-state index is 0.263. The Kier molecular flexibility index (Phi) is 7.25. The summed E-state index contributed by atoms with van der Waals surface area (Å²) in [5.41, 5.74) is -0.380. The van der Waals surface area contributed by atoms with E-state index < -0.39 is 17.6 Å². The van der Waals surface area contributed by atoms with E-state index in [4.69, 9.17) is 4.74 Å². The molecule has 24 heavy (non-hydrogen) atoms. The predicted molar refractivity (Wildman–Crippen MR) is 90.6 cm³/mol. The highest BCUT2D eigenvalue weighted by molar-refractivity contribution is 5.89. The third kappa shape index (κ3) is 5.92. The van der Waals surface area contributed by atoms with Gasteiger partial charge in [-0.25, -0.2) is 4.79 Å². The largest absolute Gasteiger partial charge is 0.479 e. The summed E-state index contributed by atoms with van der Waals surface area (Å²) in [5.74, 6) is 5.51. The van der Waals surface area contributed by atoms with Crippen molar-refractivity contribution < 1.29 is 19.1 Å². The van der Waals surface area contributed by atoms with Crippen molar-refractivity contribution in [1.29, 1.82) is 0 Å². The van der Waals surface area contributed by atoms with Crippen molar-refractivity contribution in [3.8, 4) is 17.6 Å². The first-order chi connectivity index (χ1) is 11.3. The molecule has 1 heterocycles. The number of esters is 1. The highest BCUT2D eigenvalue weighted by Gasteiger charge is 2.25. The van der Waals surface area contributed by atoms with Gasteiger partial charge in [-0.05, 0) is 26.3 Å². The number of nitrogens with zero attached hydrogens (tertiary/aromatic N) is 1. The molecule has 0 saturated heterocycles. The number of rotatable bonds is 6. The van der Waals surface area contributed by atoms with Gasteiger partial charge in [0.05, 0.1) is 24.4 Å². The Morgan fingerprint density at radius 1 is 1.33 bits per heavy atom. The molecule has 1 rings (SSSR count). The molecule has 1 amide bonds. The average Bonchev–Trinajstić information content (AvgIpc) is 2.56. The summed E-state index contributed by atoms with van der Waals surface area (Å²) < 4.78 is 10.3. The van der Waals surface area contributed by atoms with Crippen LogP contribution in [0.4, 0.5) is 0 Å². The first kappa shape index (κ1) is 19.5. The van der Waals surface area contributed by atoms with E-state index in [9.17, 15) is 9.59 Å². The Labute approximate surface area is 142 Å². The van der Waals surface area contributed by atoms with Crippen LogP contribution in [0.15, 0.2) is 18.5 Å². The highest BCUT2D eigenvalue weighted by Crippen LogP contribution is 2.15. The molecule has 130 valence electrons. The molecule has 1 atom stereocenters. The van der Waals surface area contributed by atoms with Crippen LogP contribution in [0.5, 0.6) is 5.75 Å². The zero-order chi connectivity index (χ0) is 18.2. The third-order valence-electron chi connectivity index (χ3n) is 3.09. The summed E-state index contributed by atoms with van der Waals surface area (Å²) in [4.78, 5) is 27.9. The van der Waals surface area contributed by atoms with Gasteiger partial charge in [0, 0.05) is 12.6 Å². The molecule has 6 nitrogen and oxygen atoms in total. The summed E-state index contributed by atoms with van der Waals surface area (Å²) in [6.45, 7) is 7.45. The normalized spacial score (nSPS) is 11.7. The second kappa shape index (κ2) is 8.92. The van der Waals surface area contributed by atoms with Crippen LogP contribution in [0.25, 0.3) is 0 Å². The van der Waals surface area contributed by atoms with Crippen LogP contribution in [-0.4, -0.2) is 35.6 Å². The molecular weight excluding hydrogens is 308 g/mol. The molecular formula is C18H24N2O4. The number of amides is 1. The van der Waals surface area contributed by atoms with Gasteiger partial charge in [0.15, 0.2) is 6.10 Å². The standard InChI is InChI=1S/C18H24N2O4/c1-6-8-9-18(3,4)20-16(21)15(7-2)24-14-10-13(11-19-12-14)17(22)23-5/h10-12,15H,6-7H2,1-5H3,(H,20,21). The number of carbonyl (C=O) groups is 2. The fourth-order valence-electron chi connectivity index (χ4n) is 1.93. The van der Waals surface area contributed by atoms with E-state index in [0.717, 1.165) is 6.42 Å². The van der Waals surface area contributed by atoms with Crippen LogP contribution in [0.1, 0.15) is 50.9 Å². The maximum absolute atomic E-state index is 12.4. The molecule has 6 heteroatoms. The van der Waals surface area contributed by atoms with E-state index in [1.807, 2.05) is 27.7 Å². The lowest BCUT2D eigenvalue weighted by Crippen LogP contribution is -2.48. The molecule has 0 saturated carbocycles. The molecule has 1 aromatic rings. The molecule has 0 aliphatic carbocycles. The van der Waals surface area contributed by atoms with E-state index in [0.29, 0.717) is 12.2 Å². The Morgan fingerprint density at radius 2 is 2.04 bits per heavy atom. The van der Waals surface area contributed by atoms with Gasteiger partial charge in [-0.1, -0.05) is 19.8 Å². The number of hydrogen-bond donors (Lipinski definition) is 1. The van der Waals surface area contributed by atoms with E-state index in [1.54, 1.807) is 0 Å². The third-order valence-corrected chi connectivity index (χ3v) is 3.09. The zero-order valence-electron chi connectivity index (χ0n) is 14.8. The molecule has 0 spiro atoms. The molecule has 0 aromatic carbocycles. The topological polar surface area (TPSA) is 77.5 Å². The SMILES string of the molecule is CCC#CC(C)(C)NC(=O)C(CC)Oc1cncc(C(=O)OC)c1. The second-order valence-corrected chi connectivity index (χ2v) is 5.69. The average molecular weight is 332 g/mol. The lowest BCUT2D eigenvalue weighted by molar-refractivity contribution is -0.129. The number of aromatic nitrogens is 1. The Hall–Kier alpha value is -2.55. The second-order valence-electron chi connectivity index (χ2n) is 5.69. The Bertz CT molecular complexity index is 644. The quantitative estimate of drug-likeness (QED) is 0.639. The molecule has 0 aliphatic heterocycles. The summed E-state index contributed by atoms with van der Waals surface area (Å²) in [5, 5.41) is 2.86. The maximum Gasteiger partial charge on any atom is 0.339 e. The Balaban J connectivity index is 2.84. The van der Waals surface area contributed by atoms with Gasteiger partial charge in [-0.3, -0.25) is 9.78 Å². The van der Waals surface area contributed by atoms with Crippen molar-refractivity contribution >= 4 is 11.9 Å². The fourth-order valence-corrected chi connectivity index (χ4v) is 1.93. The van der Waals surface area contributed by atoms with Crippen molar-refractivity contribution in [2.24, 2.45) is 0 Å². The number of pyridine rings is 1. The van der Waals surface area contributed by atoms with Crippen molar-refractivity contribution in [2.75, 3.05) is 7.11 Å². The lowest BCUT2D eigenvalue weighted by Gasteiger charge is -2.24. The summed E-state index contributed by atoms with van der Waals surface area (Å²) in [6, 6.07) is 1.50. The number of ether oxygens (including phenoxy) is 2. The monoisotopic (exact) mass is 332 g/mol. The zero-order valence-corrected chi connectivity index (χ0v) is 14.8. The molecule has 0 bridgehead atoms. The molecule has 0 aliphatic rings. The number of hydrogen-bond acceptors (Lipinski definition) is 5. The number of methoxy groups -OCH3 is 1. The summed E-state index contributed by atoms with van der Waals surface area (Å²) in [7, 11) is 1.29. The van der Waals surface area contributed by atoms with E-state index in [2.05, 4.69) is 26.9 Å². The van der Waals surface area contributed by atoms with Crippen molar-refractivity contribution in [3.05, 3.63) is 24.0 Å². The van der Waals surface area contributed by atoms with E-state index >= 15 is 0 Å². The molecule has 1 N–H and O–H groups in total. The predicted octanol–water partition coefficient (Wildman–Crippen LogP) is 2.33. The minimum atomic E-state index is -0.706.